The van der Waals surface area contributed by atoms with Crippen molar-refractivity contribution in [1.29, 1.82) is 0 Å². The van der Waals surface area contributed by atoms with Crippen molar-refractivity contribution in [2.75, 3.05) is 6.26 Å². The molecule has 2 rings (SSSR count). The molecule has 0 aliphatic rings. The van der Waals surface area contributed by atoms with Gasteiger partial charge in [-0.1, -0.05) is 42.0 Å². The minimum atomic E-state index is 0.0594. The molecule has 0 aliphatic carbocycles. The summed E-state index contributed by atoms with van der Waals surface area (Å²) >= 11 is 1.76. The van der Waals surface area contributed by atoms with Gasteiger partial charge in [-0.2, -0.15) is 0 Å². The number of hydrogen-bond acceptors (Lipinski definition) is 2. The van der Waals surface area contributed by atoms with E-state index in [1.165, 1.54) is 27.1 Å². The lowest BCUT2D eigenvalue weighted by Gasteiger charge is -2.17. The van der Waals surface area contributed by atoms with E-state index in [0.29, 0.717) is 0 Å². The average molecular weight is 271 g/mol. The maximum atomic E-state index is 6.41. The molecule has 0 aromatic heterocycles. The Morgan fingerprint density at radius 1 is 1.11 bits per heavy atom. The summed E-state index contributed by atoms with van der Waals surface area (Å²) in [5.41, 5.74) is 11.6. The maximum Gasteiger partial charge on any atom is 0.0347 e. The van der Waals surface area contributed by atoms with E-state index in [4.69, 9.17) is 5.73 Å². The standard InChI is InChI=1S/C17H21NS/c1-12-8-9-13(2)14(10-12)11-16(18)15-6-4-5-7-17(15)19-3/h4-10,16H,11,18H2,1-3H3. The zero-order chi connectivity index (χ0) is 13.8. The van der Waals surface area contributed by atoms with Crippen molar-refractivity contribution in [3.8, 4) is 0 Å². The van der Waals surface area contributed by atoms with E-state index in [1.807, 2.05) is 0 Å². The third-order valence-corrected chi connectivity index (χ3v) is 4.29. The predicted octanol–water partition coefficient (Wildman–Crippen LogP) is 4.27. The van der Waals surface area contributed by atoms with Gasteiger partial charge in [0.1, 0.15) is 0 Å². The number of aryl methyl sites for hydroxylation is 2. The van der Waals surface area contributed by atoms with Crippen LogP contribution < -0.4 is 5.73 Å². The number of rotatable bonds is 4. The van der Waals surface area contributed by atoms with Gasteiger partial charge in [-0.05, 0) is 49.3 Å². The summed E-state index contributed by atoms with van der Waals surface area (Å²) in [6.07, 6.45) is 2.99. The van der Waals surface area contributed by atoms with Gasteiger partial charge in [0.2, 0.25) is 0 Å². The third-order valence-electron chi connectivity index (χ3n) is 3.48. The molecule has 0 spiro atoms. The Morgan fingerprint density at radius 2 is 1.84 bits per heavy atom. The Bertz CT molecular complexity index is 563. The molecule has 2 aromatic rings. The Balaban J connectivity index is 2.25. The summed E-state index contributed by atoms with van der Waals surface area (Å²) in [6.45, 7) is 4.28. The minimum Gasteiger partial charge on any atom is -0.324 e. The fourth-order valence-corrected chi connectivity index (χ4v) is 3.01. The van der Waals surface area contributed by atoms with E-state index >= 15 is 0 Å². The Hall–Kier alpha value is -1.25. The molecule has 1 nitrogen and oxygen atoms in total. The van der Waals surface area contributed by atoms with E-state index in [9.17, 15) is 0 Å². The van der Waals surface area contributed by atoms with Crippen LogP contribution in [0, 0.1) is 13.8 Å². The highest BCUT2D eigenvalue weighted by Gasteiger charge is 2.12. The molecule has 100 valence electrons. The van der Waals surface area contributed by atoms with Gasteiger partial charge >= 0.3 is 0 Å². The normalized spacial score (nSPS) is 12.4. The summed E-state index contributed by atoms with van der Waals surface area (Å²) in [7, 11) is 0. The highest BCUT2D eigenvalue weighted by Crippen LogP contribution is 2.27. The molecule has 0 saturated carbocycles. The monoisotopic (exact) mass is 271 g/mol. The number of benzene rings is 2. The number of nitrogens with two attached hydrogens (primary N) is 1. The molecule has 0 amide bonds. The zero-order valence-corrected chi connectivity index (χ0v) is 12.6. The van der Waals surface area contributed by atoms with E-state index in [0.717, 1.165) is 6.42 Å². The molecule has 2 heteroatoms. The molecule has 1 atom stereocenters. The van der Waals surface area contributed by atoms with Crippen LogP contribution in [0.5, 0.6) is 0 Å². The van der Waals surface area contributed by atoms with Crippen LogP contribution in [0.2, 0.25) is 0 Å². The summed E-state index contributed by atoms with van der Waals surface area (Å²) in [5.74, 6) is 0. The van der Waals surface area contributed by atoms with Crippen LogP contribution in [0.1, 0.15) is 28.3 Å². The van der Waals surface area contributed by atoms with Gasteiger partial charge in [0.05, 0.1) is 0 Å². The van der Waals surface area contributed by atoms with Crippen LogP contribution in [0.4, 0.5) is 0 Å². The van der Waals surface area contributed by atoms with Crippen molar-refractivity contribution < 1.29 is 0 Å². The van der Waals surface area contributed by atoms with Crippen molar-refractivity contribution in [3.63, 3.8) is 0 Å². The molecule has 0 aliphatic heterocycles. The molecule has 0 radical (unpaired) electrons. The van der Waals surface area contributed by atoms with Gasteiger partial charge in [0.25, 0.3) is 0 Å². The van der Waals surface area contributed by atoms with Gasteiger partial charge in [-0.15, -0.1) is 11.8 Å². The van der Waals surface area contributed by atoms with E-state index in [2.05, 4.69) is 62.6 Å². The van der Waals surface area contributed by atoms with Crippen LogP contribution in [0.3, 0.4) is 0 Å². The zero-order valence-electron chi connectivity index (χ0n) is 11.8. The van der Waals surface area contributed by atoms with E-state index in [-0.39, 0.29) is 6.04 Å². The first-order chi connectivity index (χ1) is 9.11. The molecule has 0 saturated heterocycles. The Morgan fingerprint density at radius 3 is 2.58 bits per heavy atom. The van der Waals surface area contributed by atoms with Crippen molar-refractivity contribution in [3.05, 3.63) is 64.7 Å². The second kappa shape index (κ2) is 6.27. The topological polar surface area (TPSA) is 26.0 Å². The first-order valence-corrected chi connectivity index (χ1v) is 7.79. The predicted molar refractivity (Wildman–Crippen MR) is 84.8 cm³/mol. The van der Waals surface area contributed by atoms with Gasteiger partial charge in [0, 0.05) is 10.9 Å². The molecule has 1 unspecified atom stereocenters. The van der Waals surface area contributed by atoms with Crippen LogP contribution in [0.15, 0.2) is 47.4 Å². The molecule has 2 aromatic carbocycles. The van der Waals surface area contributed by atoms with Gasteiger partial charge in [-0.3, -0.25) is 0 Å². The fourth-order valence-electron chi connectivity index (χ4n) is 2.34. The van der Waals surface area contributed by atoms with Crippen molar-refractivity contribution in [2.24, 2.45) is 5.73 Å². The second-order valence-electron chi connectivity index (χ2n) is 4.98. The first-order valence-electron chi connectivity index (χ1n) is 6.56. The SMILES string of the molecule is CSc1ccccc1C(N)Cc1cc(C)ccc1C. The summed E-state index contributed by atoms with van der Waals surface area (Å²) in [5, 5.41) is 0. The van der Waals surface area contributed by atoms with Crippen LogP contribution >= 0.6 is 11.8 Å². The molecule has 0 fully saturated rings. The van der Waals surface area contributed by atoms with E-state index in [1.54, 1.807) is 11.8 Å². The van der Waals surface area contributed by atoms with Crippen molar-refractivity contribution in [2.45, 2.75) is 31.2 Å². The van der Waals surface area contributed by atoms with Crippen LogP contribution in [-0.4, -0.2) is 6.26 Å². The summed E-state index contributed by atoms with van der Waals surface area (Å²) in [6, 6.07) is 15.1. The second-order valence-corrected chi connectivity index (χ2v) is 5.83. The molecule has 0 heterocycles. The van der Waals surface area contributed by atoms with E-state index < -0.39 is 0 Å². The quantitative estimate of drug-likeness (QED) is 0.840. The smallest absolute Gasteiger partial charge is 0.0347 e. The van der Waals surface area contributed by atoms with Gasteiger partial charge in [0.15, 0.2) is 0 Å². The van der Waals surface area contributed by atoms with Crippen molar-refractivity contribution in [1.82, 2.24) is 0 Å². The lowest BCUT2D eigenvalue weighted by molar-refractivity contribution is 0.704. The summed E-state index contributed by atoms with van der Waals surface area (Å²) < 4.78 is 0. The summed E-state index contributed by atoms with van der Waals surface area (Å²) in [4.78, 5) is 1.28. The Labute approximate surface area is 120 Å². The molecule has 2 N–H and O–H groups in total. The van der Waals surface area contributed by atoms with Gasteiger partial charge < -0.3 is 5.73 Å². The van der Waals surface area contributed by atoms with Crippen LogP contribution in [-0.2, 0) is 6.42 Å². The minimum absolute atomic E-state index is 0.0594. The lowest BCUT2D eigenvalue weighted by atomic mass is 9.95. The molecule has 19 heavy (non-hydrogen) atoms. The number of thioether (sulfide) groups is 1. The third kappa shape index (κ3) is 3.40. The molecule has 0 bridgehead atoms. The van der Waals surface area contributed by atoms with Crippen molar-refractivity contribution >= 4 is 11.8 Å². The average Bonchev–Trinajstić information content (AvgIpc) is 2.42. The Kier molecular flexibility index (Phi) is 4.67. The fraction of sp³-hybridized carbons (Fsp3) is 0.294. The van der Waals surface area contributed by atoms with Gasteiger partial charge in [-0.25, -0.2) is 0 Å². The lowest BCUT2D eigenvalue weighted by Crippen LogP contribution is -2.15. The highest BCUT2D eigenvalue weighted by atomic mass is 32.2. The molecular weight excluding hydrogens is 250 g/mol. The highest BCUT2D eigenvalue weighted by molar-refractivity contribution is 7.98. The number of hydrogen-bond donors (Lipinski definition) is 1. The maximum absolute atomic E-state index is 6.41. The van der Waals surface area contributed by atoms with Crippen LogP contribution in [0.25, 0.3) is 0 Å². The largest absolute Gasteiger partial charge is 0.324 e. The first kappa shape index (κ1) is 14.2. The molecular formula is C17H21NS.